The first kappa shape index (κ1) is 14.7. The van der Waals surface area contributed by atoms with Crippen molar-refractivity contribution in [1.82, 2.24) is 9.97 Å². The summed E-state index contributed by atoms with van der Waals surface area (Å²) in [5.41, 5.74) is 1.44. The van der Waals surface area contributed by atoms with Crippen LogP contribution in [0.15, 0.2) is 42.5 Å². The Labute approximate surface area is 132 Å². The van der Waals surface area contributed by atoms with Crippen LogP contribution >= 0.6 is 0 Å². The normalized spacial score (nSPS) is 10.3. The molecular weight excluding hydrogens is 298 g/mol. The Morgan fingerprint density at radius 3 is 2.65 bits per heavy atom. The summed E-state index contributed by atoms with van der Waals surface area (Å²) in [7, 11) is 2.89. The minimum absolute atomic E-state index is 0.311. The number of H-pyrrole nitrogens is 1. The van der Waals surface area contributed by atoms with E-state index in [-0.39, 0.29) is 0 Å². The van der Waals surface area contributed by atoms with Gasteiger partial charge in [0, 0.05) is 12.1 Å². The fraction of sp³-hybridized carbons (Fsp3) is 0.125. The number of fused-ring (bicyclic) bond motifs is 1. The molecule has 1 amide bonds. The first-order valence-electron chi connectivity index (χ1n) is 6.84. The summed E-state index contributed by atoms with van der Waals surface area (Å²) >= 11 is 0. The number of nitrogens with zero attached hydrogens (tertiary/aromatic N) is 1. The molecule has 7 heteroatoms. The molecule has 3 aromatic rings. The van der Waals surface area contributed by atoms with E-state index in [1.807, 2.05) is 18.2 Å². The smallest absolute Gasteiger partial charge is 0.413 e. The van der Waals surface area contributed by atoms with E-state index in [1.54, 1.807) is 31.4 Å². The number of imidazole rings is 1. The van der Waals surface area contributed by atoms with Gasteiger partial charge in [-0.1, -0.05) is 6.07 Å². The lowest BCUT2D eigenvalue weighted by Crippen LogP contribution is -2.11. The minimum atomic E-state index is -0.586. The van der Waals surface area contributed by atoms with Crippen LogP contribution in [0.4, 0.5) is 10.7 Å². The van der Waals surface area contributed by atoms with Crippen LogP contribution in [-0.4, -0.2) is 30.3 Å². The summed E-state index contributed by atoms with van der Waals surface area (Å²) in [5, 5.41) is 2.48. The predicted octanol–water partition coefficient (Wildman–Crippen LogP) is 3.54. The predicted molar refractivity (Wildman–Crippen MR) is 85.2 cm³/mol. The van der Waals surface area contributed by atoms with Gasteiger partial charge in [-0.2, -0.15) is 0 Å². The van der Waals surface area contributed by atoms with Crippen LogP contribution < -0.4 is 14.8 Å². The van der Waals surface area contributed by atoms with Gasteiger partial charge < -0.3 is 19.2 Å². The van der Waals surface area contributed by atoms with Crippen LogP contribution in [0.2, 0.25) is 0 Å². The van der Waals surface area contributed by atoms with E-state index in [2.05, 4.69) is 20.0 Å². The largest absolute Gasteiger partial charge is 0.497 e. The highest BCUT2D eigenvalue weighted by molar-refractivity contribution is 5.86. The van der Waals surface area contributed by atoms with Crippen LogP contribution in [0, 0.1) is 0 Å². The second-order valence-corrected chi connectivity index (χ2v) is 4.66. The van der Waals surface area contributed by atoms with Gasteiger partial charge in [0.05, 0.1) is 25.3 Å². The number of rotatable bonds is 4. The molecule has 0 spiro atoms. The molecule has 1 heterocycles. The van der Waals surface area contributed by atoms with Gasteiger partial charge in [-0.3, -0.25) is 5.32 Å². The lowest BCUT2D eigenvalue weighted by molar-refractivity contribution is 0.186. The van der Waals surface area contributed by atoms with Crippen molar-refractivity contribution in [3.63, 3.8) is 0 Å². The van der Waals surface area contributed by atoms with Gasteiger partial charge in [-0.05, 0) is 24.3 Å². The van der Waals surface area contributed by atoms with Crippen molar-refractivity contribution >= 4 is 23.1 Å². The number of aromatic amines is 1. The number of aromatic nitrogens is 2. The van der Waals surface area contributed by atoms with E-state index in [9.17, 15) is 4.79 Å². The van der Waals surface area contributed by atoms with E-state index in [4.69, 9.17) is 9.47 Å². The lowest BCUT2D eigenvalue weighted by atomic mass is 10.3. The first-order valence-corrected chi connectivity index (χ1v) is 6.84. The Balaban J connectivity index is 1.83. The summed E-state index contributed by atoms with van der Waals surface area (Å²) in [5.74, 6) is 2.33. The topological polar surface area (TPSA) is 85.5 Å². The number of anilines is 1. The molecule has 1 aromatic heterocycles. The Kier molecular flexibility index (Phi) is 4.01. The maximum atomic E-state index is 11.2. The molecule has 118 valence electrons. The number of carbonyl (C=O) groups is 1. The Morgan fingerprint density at radius 2 is 1.87 bits per heavy atom. The highest BCUT2D eigenvalue weighted by atomic mass is 16.5. The summed E-state index contributed by atoms with van der Waals surface area (Å²) in [6, 6.07) is 12.7. The third kappa shape index (κ3) is 3.34. The number of ether oxygens (including phenoxy) is 3. The Morgan fingerprint density at radius 1 is 1.09 bits per heavy atom. The summed E-state index contributed by atoms with van der Waals surface area (Å²) < 4.78 is 15.5. The molecule has 23 heavy (non-hydrogen) atoms. The summed E-state index contributed by atoms with van der Waals surface area (Å²) in [4.78, 5) is 18.4. The van der Waals surface area contributed by atoms with Crippen LogP contribution in [-0.2, 0) is 4.74 Å². The van der Waals surface area contributed by atoms with Crippen LogP contribution in [0.25, 0.3) is 11.0 Å². The van der Waals surface area contributed by atoms with Crippen molar-refractivity contribution in [3.8, 4) is 17.2 Å². The van der Waals surface area contributed by atoms with Crippen molar-refractivity contribution in [2.75, 3.05) is 19.5 Å². The van der Waals surface area contributed by atoms with Gasteiger partial charge in [-0.15, -0.1) is 0 Å². The molecule has 7 nitrogen and oxygen atoms in total. The fourth-order valence-electron chi connectivity index (χ4n) is 2.06. The molecule has 0 fully saturated rings. The third-order valence-electron chi connectivity index (χ3n) is 3.14. The number of carbonyl (C=O) groups excluding carboxylic acids is 1. The average molecular weight is 313 g/mol. The van der Waals surface area contributed by atoms with Crippen LogP contribution in [0.1, 0.15) is 0 Å². The number of hydrogen-bond donors (Lipinski definition) is 2. The zero-order chi connectivity index (χ0) is 16.2. The molecule has 0 unspecified atom stereocenters. The molecule has 0 aliphatic carbocycles. The van der Waals surface area contributed by atoms with Gasteiger partial charge in [0.2, 0.25) is 5.95 Å². The number of hydrogen-bond acceptors (Lipinski definition) is 5. The van der Waals surface area contributed by atoms with Crippen LogP contribution in [0.5, 0.6) is 17.2 Å². The van der Waals surface area contributed by atoms with E-state index in [0.717, 1.165) is 11.3 Å². The zero-order valence-corrected chi connectivity index (χ0v) is 12.6. The van der Waals surface area contributed by atoms with Gasteiger partial charge in [0.15, 0.2) is 0 Å². The zero-order valence-electron chi connectivity index (χ0n) is 12.6. The van der Waals surface area contributed by atoms with Gasteiger partial charge in [0.1, 0.15) is 17.2 Å². The Bertz CT molecular complexity index is 844. The van der Waals surface area contributed by atoms with Gasteiger partial charge in [0.25, 0.3) is 0 Å². The molecule has 0 bridgehead atoms. The number of nitrogens with one attached hydrogen (secondary N) is 2. The maximum Gasteiger partial charge on any atom is 0.413 e. The quantitative estimate of drug-likeness (QED) is 0.769. The second-order valence-electron chi connectivity index (χ2n) is 4.66. The van der Waals surface area contributed by atoms with E-state index in [1.165, 1.54) is 7.11 Å². The van der Waals surface area contributed by atoms with Crippen LogP contribution in [0.3, 0.4) is 0 Å². The molecule has 3 rings (SSSR count). The molecule has 2 N–H and O–H groups in total. The fourth-order valence-corrected chi connectivity index (χ4v) is 2.06. The highest BCUT2D eigenvalue weighted by Crippen LogP contribution is 2.27. The maximum absolute atomic E-state index is 11.2. The monoisotopic (exact) mass is 313 g/mol. The standard InChI is InChI=1S/C16H15N3O4/c1-21-10-4-3-5-11(8-10)23-12-6-7-13-14(9-12)18-15(17-13)19-16(20)22-2/h3-9H,1-2H3,(H2,17,18,19,20). The molecule has 0 atom stereocenters. The van der Waals surface area contributed by atoms with E-state index < -0.39 is 6.09 Å². The lowest BCUT2D eigenvalue weighted by Gasteiger charge is -2.07. The first-order chi connectivity index (χ1) is 11.2. The minimum Gasteiger partial charge on any atom is -0.497 e. The van der Waals surface area contributed by atoms with E-state index in [0.29, 0.717) is 23.0 Å². The molecule has 0 saturated heterocycles. The van der Waals surface area contributed by atoms with Crippen molar-refractivity contribution in [1.29, 1.82) is 0 Å². The van der Waals surface area contributed by atoms with Gasteiger partial charge in [-0.25, -0.2) is 9.78 Å². The average Bonchev–Trinajstić information content (AvgIpc) is 2.96. The molecule has 0 aliphatic heterocycles. The molecule has 0 aliphatic rings. The number of methoxy groups -OCH3 is 2. The van der Waals surface area contributed by atoms with Crippen molar-refractivity contribution in [3.05, 3.63) is 42.5 Å². The van der Waals surface area contributed by atoms with Gasteiger partial charge >= 0.3 is 6.09 Å². The van der Waals surface area contributed by atoms with Crippen molar-refractivity contribution < 1.29 is 19.0 Å². The molecular formula is C16H15N3O4. The summed E-state index contributed by atoms with van der Waals surface area (Å²) in [6.07, 6.45) is -0.586. The second kappa shape index (κ2) is 6.27. The Hall–Kier alpha value is -3.22. The molecule has 2 aromatic carbocycles. The molecule has 0 radical (unpaired) electrons. The van der Waals surface area contributed by atoms with Crippen molar-refractivity contribution in [2.24, 2.45) is 0 Å². The van der Waals surface area contributed by atoms with Crippen molar-refractivity contribution in [2.45, 2.75) is 0 Å². The highest BCUT2D eigenvalue weighted by Gasteiger charge is 2.08. The molecule has 0 saturated carbocycles. The third-order valence-corrected chi connectivity index (χ3v) is 3.14. The number of amides is 1. The number of benzene rings is 2. The SMILES string of the molecule is COC(=O)Nc1nc2ccc(Oc3cccc(OC)c3)cc2[nH]1. The van der Waals surface area contributed by atoms with E-state index >= 15 is 0 Å². The summed E-state index contributed by atoms with van der Waals surface area (Å²) in [6.45, 7) is 0.